The second-order valence-electron chi connectivity index (χ2n) is 8.69. The zero-order chi connectivity index (χ0) is 21.9. The van der Waals surface area contributed by atoms with Gasteiger partial charge >= 0.3 is 0 Å². The predicted molar refractivity (Wildman–Crippen MR) is 129 cm³/mol. The van der Waals surface area contributed by atoms with E-state index in [1.807, 2.05) is 42.5 Å². The van der Waals surface area contributed by atoms with Gasteiger partial charge in [0.05, 0.1) is 18.3 Å². The van der Waals surface area contributed by atoms with Gasteiger partial charge in [-0.3, -0.25) is 4.79 Å². The van der Waals surface area contributed by atoms with Crippen molar-refractivity contribution < 1.29 is 9.53 Å². The number of rotatable bonds is 4. The van der Waals surface area contributed by atoms with Crippen molar-refractivity contribution in [1.82, 2.24) is 15.3 Å². The summed E-state index contributed by atoms with van der Waals surface area (Å²) in [4.78, 5) is 21.6. The number of pyridine rings is 1. The number of nitrogens with one attached hydrogen (secondary N) is 2. The number of carbonyl (C=O) groups is 1. The lowest BCUT2D eigenvalue weighted by Gasteiger charge is -2.21. The summed E-state index contributed by atoms with van der Waals surface area (Å²) in [6.07, 6.45) is 8.28. The number of benzene rings is 2. The van der Waals surface area contributed by atoms with E-state index >= 15 is 0 Å². The summed E-state index contributed by atoms with van der Waals surface area (Å²) in [7, 11) is 1.66. The number of amides is 1. The largest absolute Gasteiger partial charge is 0.497 e. The molecule has 2 N–H and O–H groups in total. The summed E-state index contributed by atoms with van der Waals surface area (Å²) in [5.74, 6) is 0.706. The van der Waals surface area contributed by atoms with Gasteiger partial charge in [0.25, 0.3) is 5.91 Å². The van der Waals surface area contributed by atoms with Crippen molar-refractivity contribution in [3.05, 3.63) is 60.3 Å². The third-order valence-electron chi connectivity index (χ3n) is 6.53. The van der Waals surface area contributed by atoms with Crippen LogP contribution in [0.1, 0.15) is 55.4 Å². The lowest BCUT2D eigenvalue weighted by atomic mass is 9.96. The summed E-state index contributed by atoms with van der Waals surface area (Å²) in [5, 5.41) is 5.39. The van der Waals surface area contributed by atoms with E-state index in [0.29, 0.717) is 5.69 Å². The standard InChI is InChI=1S/C27H29N3O2/c1-32-20-15-13-18(14-16-20)25-26-22(21-11-7-8-12-23(21)29-26)17-24(30-25)27(31)28-19-9-5-3-2-4-6-10-19/h7-8,11-17,19,29H,2-6,9-10H2,1H3,(H,28,31). The zero-order valence-electron chi connectivity index (χ0n) is 18.5. The van der Waals surface area contributed by atoms with Crippen LogP contribution in [-0.2, 0) is 0 Å². The van der Waals surface area contributed by atoms with Crippen LogP contribution in [-0.4, -0.2) is 29.0 Å². The Balaban J connectivity index is 1.57. The molecule has 164 valence electrons. The number of aromatic nitrogens is 2. The van der Waals surface area contributed by atoms with Crippen LogP contribution >= 0.6 is 0 Å². The molecule has 5 rings (SSSR count). The number of nitrogens with zero attached hydrogens (tertiary/aromatic N) is 1. The third-order valence-corrected chi connectivity index (χ3v) is 6.53. The Labute approximate surface area is 188 Å². The van der Waals surface area contributed by atoms with E-state index < -0.39 is 0 Å². The molecule has 2 aromatic carbocycles. The van der Waals surface area contributed by atoms with Crippen molar-refractivity contribution in [2.45, 2.75) is 51.0 Å². The molecule has 0 saturated heterocycles. The average molecular weight is 428 g/mol. The Hall–Kier alpha value is -3.34. The van der Waals surface area contributed by atoms with Crippen molar-refractivity contribution in [3.63, 3.8) is 0 Å². The zero-order valence-corrected chi connectivity index (χ0v) is 18.5. The van der Waals surface area contributed by atoms with Crippen LogP contribution in [0.4, 0.5) is 0 Å². The molecule has 0 unspecified atom stereocenters. The molecule has 1 saturated carbocycles. The molecule has 2 heterocycles. The highest BCUT2D eigenvalue weighted by atomic mass is 16.5. The molecule has 1 aliphatic rings. The Morgan fingerprint density at radius 1 is 0.969 bits per heavy atom. The van der Waals surface area contributed by atoms with E-state index in [-0.39, 0.29) is 11.9 Å². The number of ether oxygens (including phenoxy) is 1. The van der Waals surface area contributed by atoms with Gasteiger partial charge in [0, 0.05) is 27.9 Å². The van der Waals surface area contributed by atoms with Gasteiger partial charge in [-0.1, -0.05) is 50.3 Å². The van der Waals surface area contributed by atoms with Gasteiger partial charge in [-0.2, -0.15) is 0 Å². The monoisotopic (exact) mass is 427 g/mol. The molecule has 32 heavy (non-hydrogen) atoms. The normalized spacial score (nSPS) is 15.4. The highest BCUT2D eigenvalue weighted by Gasteiger charge is 2.20. The molecule has 0 spiro atoms. The first-order valence-corrected chi connectivity index (χ1v) is 11.6. The van der Waals surface area contributed by atoms with Gasteiger partial charge < -0.3 is 15.0 Å². The van der Waals surface area contributed by atoms with Crippen molar-refractivity contribution in [2.75, 3.05) is 7.11 Å². The van der Waals surface area contributed by atoms with Gasteiger partial charge in [0.15, 0.2) is 0 Å². The lowest BCUT2D eigenvalue weighted by molar-refractivity contribution is 0.0925. The maximum Gasteiger partial charge on any atom is 0.270 e. The van der Waals surface area contributed by atoms with Crippen LogP contribution in [0.15, 0.2) is 54.6 Å². The topological polar surface area (TPSA) is 67.0 Å². The molecular weight excluding hydrogens is 398 g/mol. The summed E-state index contributed by atoms with van der Waals surface area (Å²) in [6, 6.07) is 18.2. The molecule has 1 aliphatic carbocycles. The number of hydrogen-bond acceptors (Lipinski definition) is 3. The molecule has 0 radical (unpaired) electrons. The highest BCUT2D eigenvalue weighted by molar-refractivity contribution is 6.13. The fraction of sp³-hybridized carbons (Fsp3) is 0.333. The van der Waals surface area contributed by atoms with E-state index in [1.54, 1.807) is 7.11 Å². The van der Waals surface area contributed by atoms with E-state index in [4.69, 9.17) is 9.72 Å². The molecule has 5 heteroatoms. The first-order chi connectivity index (χ1) is 15.7. The summed E-state index contributed by atoms with van der Waals surface area (Å²) in [5.41, 5.74) is 4.18. The maximum atomic E-state index is 13.3. The number of fused-ring (bicyclic) bond motifs is 3. The molecule has 2 aromatic heterocycles. The van der Waals surface area contributed by atoms with Crippen LogP contribution < -0.4 is 10.1 Å². The second-order valence-corrected chi connectivity index (χ2v) is 8.69. The van der Waals surface area contributed by atoms with Crippen LogP contribution in [0.5, 0.6) is 5.75 Å². The smallest absolute Gasteiger partial charge is 0.270 e. The number of carbonyl (C=O) groups excluding carboxylic acids is 1. The quantitative estimate of drug-likeness (QED) is 0.405. The van der Waals surface area contributed by atoms with Crippen LogP contribution in [0.3, 0.4) is 0 Å². The molecule has 1 fully saturated rings. The summed E-state index contributed by atoms with van der Waals surface area (Å²) < 4.78 is 5.31. The molecule has 0 atom stereocenters. The third kappa shape index (κ3) is 4.07. The molecule has 0 aliphatic heterocycles. The summed E-state index contributed by atoms with van der Waals surface area (Å²) in [6.45, 7) is 0. The number of aromatic amines is 1. The van der Waals surface area contributed by atoms with Gasteiger partial charge in [-0.05, 0) is 49.2 Å². The Morgan fingerprint density at radius 2 is 1.69 bits per heavy atom. The minimum atomic E-state index is -0.0856. The molecular formula is C27H29N3O2. The minimum Gasteiger partial charge on any atom is -0.497 e. The van der Waals surface area contributed by atoms with Crippen LogP contribution in [0, 0.1) is 0 Å². The van der Waals surface area contributed by atoms with E-state index in [0.717, 1.165) is 51.7 Å². The number of H-pyrrole nitrogens is 1. The number of hydrogen-bond donors (Lipinski definition) is 2. The maximum absolute atomic E-state index is 13.3. The predicted octanol–water partition coefficient (Wildman–Crippen LogP) is 6.23. The lowest BCUT2D eigenvalue weighted by Crippen LogP contribution is -2.35. The van der Waals surface area contributed by atoms with E-state index in [2.05, 4.69) is 22.4 Å². The number of para-hydroxylation sites is 1. The van der Waals surface area contributed by atoms with Crippen molar-refractivity contribution in [3.8, 4) is 17.0 Å². The first kappa shape index (κ1) is 20.6. The minimum absolute atomic E-state index is 0.0856. The van der Waals surface area contributed by atoms with Gasteiger partial charge in [0.2, 0.25) is 0 Å². The Bertz CT molecular complexity index is 1240. The van der Waals surface area contributed by atoms with E-state index in [1.165, 1.54) is 32.1 Å². The van der Waals surface area contributed by atoms with Crippen molar-refractivity contribution in [2.24, 2.45) is 0 Å². The Morgan fingerprint density at radius 3 is 2.44 bits per heavy atom. The number of methoxy groups -OCH3 is 1. The average Bonchev–Trinajstić information content (AvgIpc) is 3.19. The molecule has 4 aromatic rings. The SMILES string of the molecule is COc1ccc(-c2nc(C(=O)NC3CCCCCCC3)cc3c2[nH]c2ccccc23)cc1. The van der Waals surface area contributed by atoms with Gasteiger partial charge in [-0.15, -0.1) is 0 Å². The van der Waals surface area contributed by atoms with E-state index in [9.17, 15) is 4.79 Å². The first-order valence-electron chi connectivity index (χ1n) is 11.6. The molecule has 0 bridgehead atoms. The fourth-order valence-corrected chi connectivity index (χ4v) is 4.78. The molecule has 1 amide bonds. The molecule has 5 nitrogen and oxygen atoms in total. The fourth-order valence-electron chi connectivity index (χ4n) is 4.78. The summed E-state index contributed by atoms with van der Waals surface area (Å²) >= 11 is 0. The van der Waals surface area contributed by atoms with Gasteiger partial charge in [0.1, 0.15) is 11.4 Å². The second kappa shape index (κ2) is 9.03. The highest BCUT2D eigenvalue weighted by Crippen LogP contribution is 2.33. The van der Waals surface area contributed by atoms with Crippen LogP contribution in [0.25, 0.3) is 33.1 Å². The Kier molecular flexibility index (Phi) is 5.80. The van der Waals surface area contributed by atoms with Crippen molar-refractivity contribution in [1.29, 1.82) is 0 Å². The van der Waals surface area contributed by atoms with Crippen molar-refractivity contribution >= 4 is 27.7 Å². The van der Waals surface area contributed by atoms with Crippen LogP contribution in [0.2, 0.25) is 0 Å². The van der Waals surface area contributed by atoms with Gasteiger partial charge in [-0.25, -0.2) is 4.98 Å².